The van der Waals surface area contributed by atoms with Crippen molar-refractivity contribution < 1.29 is 49.0 Å². The SMILES string of the molecule is CCCCC/C=C/C/C=C/C/C=C/CCCCC(=O)OC[C@H](CO[C@@H]1O[C@H](CO)[C@H](O)C(O)C1O)OC(=O)CCCCCCCCCCC/C=C/C/C=C/CCCCC. The van der Waals surface area contributed by atoms with Gasteiger partial charge in [0, 0.05) is 12.8 Å². The molecule has 1 rings (SSSR count). The summed E-state index contributed by atoms with van der Waals surface area (Å²) in [6.45, 7) is 3.32. The topological polar surface area (TPSA) is 152 Å². The van der Waals surface area contributed by atoms with Crippen molar-refractivity contribution in [3.63, 3.8) is 0 Å². The second-order valence-corrected chi connectivity index (χ2v) is 15.8. The molecule has 1 saturated heterocycles. The van der Waals surface area contributed by atoms with E-state index in [9.17, 15) is 30.0 Å². The molecule has 0 aromatic carbocycles. The van der Waals surface area contributed by atoms with E-state index in [1.54, 1.807) is 0 Å². The quantitative estimate of drug-likeness (QED) is 0.0269. The van der Waals surface area contributed by atoms with E-state index in [4.69, 9.17) is 18.9 Å². The molecule has 0 aliphatic carbocycles. The smallest absolute Gasteiger partial charge is 0.306 e. The number of hydrogen-bond acceptors (Lipinski definition) is 10. The second kappa shape index (κ2) is 39.5. The molecular weight excluding hydrogens is 749 g/mol. The average molecular weight is 833 g/mol. The minimum atomic E-state index is -1.60. The number of allylic oxidation sites excluding steroid dienone is 10. The molecule has 1 aliphatic rings. The van der Waals surface area contributed by atoms with Crippen molar-refractivity contribution in [2.45, 2.75) is 218 Å². The number of carbonyl (C=O) groups excluding carboxylic acids is 2. The Hall–Kier alpha value is -2.60. The summed E-state index contributed by atoms with van der Waals surface area (Å²) < 4.78 is 22.1. The van der Waals surface area contributed by atoms with Crippen LogP contribution >= 0.6 is 0 Å². The Bertz CT molecular complexity index is 1150. The Labute approximate surface area is 358 Å². The second-order valence-electron chi connectivity index (χ2n) is 15.8. The zero-order valence-corrected chi connectivity index (χ0v) is 37.0. The Morgan fingerprint density at radius 1 is 0.525 bits per heavy atom. The van der Waals surface area contributed by atoms with Gasteiger partial charge in [-0.2, -0.15) is 0 Å². The first kappa shape index (κ1) is 54.4. The molecule has 10 nitrogen and oxygen atoms in total. The zero-order chi connectivity index (χ0) is 43.0. The molecule has 0 radical (unpaired) electrons. The number of carbonyl (C=O) groups is 2. The van der Waals surface area contributed by atoms with Gasteiger partial charge in [-0.15, -0.1) is 0 Å². The Morgan fingerprint density at radius 3 is 1.46 bits per heavy atom. The molecule has 0 aromatic rings. The summed E-state index contributed by atoms with van der Waals surface area (Å²) in [6, 6.07) is 0. The molecule has 1 heterocycles. The lowest BCUT2D eigenvalue weighted by molar-refractivity contribution is -0.305. The van der Waals surface area contributed by atoms with Crippen molar-refractivity contribution in [2.24, 2.45) is 0 Å². The molecule has 340 valence electrons. The highest BCUT2D eigenvalue weighted by Crippen LogP contribution is 2.22. The highest BCUT2D eigenvalue weighted by molar-refractivity contribution is 5.70. The van der Waals surface area contributed by atoms with Gasteiger partial charge in [0.1, 0.15) is 31.0 Å². The predicted molar refractivity (Wildman–Crippen MR) is 238 cm³/mol. The third-order valence-corrected chi connectivity index (χ3v) is 10.4. The molecule has 0 bridgehead atoms. The third-order valence-electron chi connectivity index (χ3n) is 10.4. The van der Waals surface area contributed by atoms with Crippen LogP contribution in [0.4, 0.5) is 0 Å². The van der Waals surface area contributed by atoms with E-state index < -0.39 is 55.4 Å². The summed E-state index contributed by atoms with van der Waals surface area (Å²) in [4.78, 5) is 25.3. The van der Waals surface area contributed by atoms with E-state index in [0.29, 0.717) is 12.8 Å². The van der Waals surface area contributed by atoms with E-state index in [2.05, 4.69) is 74.6 Å². The molecule has 0 aromatic heterocycles. The largest absolute Gasteiger partial charge is 0.462 e. The van der Waals surface area contributed by atoms with E-state index in [1.165, 1.54) is 77.0 Å². The summed E-state index contributed by atoms with van der Waals surface area (Å²) >= 11 is 0. The molecule has 6 atom stereocenters. The Morgan fingerprint density at radius 2 is 0.949 bits per heavy atom. The Balaban J connectivity index is 2.34. The molecule has 4 N–H and O–H groups in total. The normalized spacial score (nSPS) is 20.5. The van der Waals surface area contributed by atoms with Crippen molar-refractivity contribution >= 4 is 11.9 Å². The molecule has 0 saturated carbocycles. The van der Waals surface area contributed by atoms with Crippen molar-refractivity contribution in [1.29, 1.82) is 0 Å². The van der Waals surface area contributed by atoms with Crippen molar-refractivity contribution in [1.82, 2.24) is 0 Å². The van der Waals surface area contributed by atoms with Crippen LogP contribution in [0.5, 0.6) is 0 Å². The molecular formula is C49H84O10. The summed E-state index contributed by atoms with van der Waals surface area (Å²) in [5, 5.41) is 40.1. The molecule has 0 amide bonds. The first-order chi connectivity index (χ1) is 28.8. The summed E-state index contributed by atoms with van der Waals surface area (Å²) in [5.41, 5.74) is 0. The van der Waals surface area contributed by atoms with Crippen LogP contribution in [-0.4, -0.2) is 89.0 Å². The maximum absolute atomic E-state index is 12.8. The van der Waals surface area contributed by atoms with Gasteiger partial charge >= 0.3 is 11.9 Å². The van der Waals surface area contributed by atoms with E-state index >= 15 is 0 Å². The maximum atomic E-state index is 12.8. The van der Waals surface area contributed by atoms with Gasteiger partial charge in [0.05, 0.1) is 13.2 Å². The number of aliphatic hydroxyl groups is 4. The minimum Gasteiger partial charge on any atom is -0.462 e. The lowest BCUT2D eigenvalue weighted by Gasteiger charge is -2.39. The van der Waals surface area contributed by atoms with Gasteiger partial charge in [0.15, 0.2) is 12.4 Å². The van der Waals surface area contributed by atoms with Gasteiger partial charge < -0.3 is 39.4 Å². The molecule has 10 heteroatoms. The van der Waals surface area contributed by atoms with Gasteiger partial charge in [-0.1, -0.05) is 145 Å². The van der Waals surface area contributed by atoms with Gasteiger partial charge in [-0.05, 0) is 83.5 Å². The summed E-state index contributed by atoms with van der Waals surface area (Å²) in [7, 11) is 0. The lowest BCUT2D eigenvalue weighted by Crippen LogP contribution is -2.59. The maximum Gasteiger partial charge on any atom is 0.306 e. The van der Waals surface area contributed by atoms with Crippen LogP contribution in [0, 0.1) is 0 Å². The van der Waals surface area contributed by atoms with Crippen LogP contribution in [0.1, 0.15) is 181 Å². The van der Waals surface area contributed by atoms with Crippen LogP contribution in [0.15, 0.2) is 60.8 Å². The van der Waals surface area contributed by atoms with E-state index in [0.717, 1.165) is 64.2 Å². The van der Waals surface area contributed by atoms with Gasteiger partial charge in [-0.25, -0.2) is 0 Å². The summed E-state index contributed by atoms with van der Waals surface area (Å²) in [5.74, 6) is -0.858. The predicted octanol–water partition coefficient (Wildman–Crippen LogP) is 10.2. The minimum absolute atomic E-state index is 0.214. The first-order valence-electron chi connectivity index (χ1n) is 23.4. The summed E-state index contributed by atoms with van der Waals surface area (Å²) in [6.07, 6.45) is 40.8. The monoisotopic (exact) mass is 833 g/mol. The van der Waals surface area contributed by atoms with Crippen molar-refractivity contribution in [2.75, 3.05) is 19.8 Å². The number of aliphatic hydroxyl groups excluding tert-OH is 4. The number of esters is 2. The third kappa shape index (κ3) is 31.0. The van der Waals surface area contributed by atoms with Gasteiger partial charge in [0.25, 0.3) is 0 Å². The fourth-order valence-corrected chi connectivity index (χ4v) is 6.64. The molecule has 59 heavy (non-hydrogen) atoms. The fraction of sp³-hybridized carbons (Fsp3) is 0.755. The van der Waals surface area contributed by atoms with E-state index in [1.807, 2.05) is 0 Å². The number of unbranched alkanes of at least 4 members (excludes halogenated alkanes) is 17. The zero-order valence-electron chi connectivity index (χ0n) is 37.0. The highest BCUT2D eigenvalue weighted by atomic mass is 16.7. The van der Waals surface area contributed by atoms with E-state index in [-0.39, 0.29) is 26.1 Å². The average Bonchev–Trinajstić information content (AvgIpc) is 3.23. The highest BCUT2D eigenvalue weighted by Gasteiger charge is 2.44. The van der Waals surface area contributed by atoms with Crippen LogP contribution < -0.4 is 0 Å². The van der Waals surface area contributed by atoms with Crippen LogP contribution in [0.2, 0.25) is 0 Å². The lowest BCUT2D eigenvalue weighted by atomic mass is 9.99. The fourth-order valence-electron chi connectivity index (χ4n) is 6.64. The van der Waals surface area contributed by atoms with Crippen LogP contribution in [0.3, 0.4) is 0 Å². The molecule has 1 fully saturated rings. The van der Waals surface area contributed by atoms with Crippen molar-refractivity contribution in [3.05, 3.63) is 60.8 Å². The number of hydrogen-bond donors (Lipinski definition) is 4. The van der Waals surface area contributed by atoms with Crippen LogP contribution in [-0.2, 0) is 28.5 Å². The molecule has 1 aliphatic heterocycles. The molecule has 0 spiro atoms. The van der Waals surface area contributed by atoms with Crippen LogP contribution in [0.25, 0.3) is 0 Å². The number of ether oxygens (including phenoxy) is 4. The number of rotatable bonds is 38. The Kier molecular flexibility index (Phi) is 36.5. The van der Waals surface area contributed by atoms with Gasteiger partial charge in [-0.3, -0.25) is 9.59 Å². The first-order valence-corrected chi connectivity index (χ1v) is 23.4. The standard InChI is InChI=1S/C49H84O10/c1-3-5-7-9-11-13-15-17-19-20-21-22-24-26-28-30-32-34-36-38-45(52)58-42(41-57-49-48(55)47(54)46(53)43(39-50)59-49)40-56-44(51)37-35-33-31-29-27-25-23-18-16-14-12-10-8-6-4-2/h11-14,17-19,23,27,29,42-43,46-50,53-55H,3-10,15-16,20-22,24-26,28,30-41H2,1-2H3/b13-11+,14-12+,19-17+,23-18+,29-27+/t42-,43-,46+,47?,48?,49-/m1/s1. The van der Waals surface area contributed by atoms with Crippen molar-refractivity contribution in [3.8, 4) is 0 Å². The molecule has 2 unspecified atom stereocenters. The van der Waals surface area contributed by atoms with Gasteiger partial charge in [0.2, 0.25) is 0 Å².